The standard InChI is InChI=1S/C13H18ClN3O2.ClH/c14-11-5-4-10(13(7-11)17(18)19)9-16-6-2-1-3-12(16)8-15;/h4-5,7,12H,1-3,6,8-9,15H2;1H. The largest absolute Gasteiger partial charge is 0.329 e. The second-order valence-electron chi connectivity index (χ2n) is 4.89. The van der Waals surface area contributed by atoms with Gasteiger partial charge in [0.05, 0.1) is 4.92 Å². The van der Waals surface area contributed by atoms with Crippen molar-refractivity contribution in [3.05, 3.63) is 38.9 Å². The molecule has 1 aliphatic heterocycles. The van der Waals surface area contributed by atoms with Gasteiger partial charge < -0.3 is 5.73 Å². The Kier molecular flexibility index (Phi) is 6.68. The van der Waals surface area contributed by atoms with Crippen LogP contribution < -0.4 is 5.73 Å². The first-order chi connectivity index (χ1) is 9.11. The van der Waals surface area contributed by atoms with E-state index in [4.69, 9.17) is 17.3 Å². The second kappa shape index (κ2) is 7.78. The van der Waals surface area contributed by atoms with E-state index in [0.29, 0.717) is 29.7 Å². The van der Waals surface area contributed by atoms with E-state index >= 15 is 0 Å². The summed E-state index contributed by atoms with van der Waals surface area (Å²) in [6.07, 6.45) is 3.37. The monoisotopic (exact) mass is 319 g/mol. The molecule has 0 bridgehead atoms. The maximum absolute atomic E-state index is 11.1. The molecule has 0 saturated carbocycles. The van der Waals surface area contributed by atoms with Gasteiger partial charge in [-0.1, -0.05) is 18.0 Å². The summed E-state index contributed by atoms with van der Waals surface area (Å²) in [4.78, 5) is 12.9. The topological polar surface area (TPSA) is 72.4 Å². The third-order valence-electron chi connectivity index (χ3n) is 3.64. The Bertz CT molecular complexity index is 471. The average Bonchev–Trinajstić information content (AvgIpc) is 2.41. The maximum atomic E-state index is 11.1. The first kappa shape index (κ1) is 17.2. The van der Waals surface area contributed by atoms with Crippen LogP contribution in [0.5, 0.6) is 0 Å². The van der Waals surface area contributed by atoms with Gasteiger partial charge in [0.1, 0.15) is 0 Å². The molecular weight excluding hydrogens is 301 g/mol. The van der Waals surface area contributed by atoms with Gasteiger partial charge in [0, 0.05) is 35.8 Å². The minimum atomic E-state index is -0.372. The van der Waals surface area contributed by atoms with Crippen LogP contribution in [0.1, 0.15) is 24.8 Å². The van der Waals surface area contributed by atoms with Crippen LogP contribution in [0.3, 0.4) is 0 Å². The number of piperidine rings is 1. The van der Waals surface area contributed by atoms with Gasteiger partial charge in [0.25, 0.3) is 5.69 Å². The zero-order valence-electron chi connectivity index (χ0n) is 11.1. The van der Waals surface area contributed by atoms with E-state index in [1.807, 2.05) is 0 Å². The molecule has 20 heavy (non-hydrogen) atoms. The highest BCUT2D eigenvalue weighted by Gasteiger charge is 2.24. The van der Waals surface area contributed by atoms with Crippen LogP contribution in [-0.4, -0.2) is 29.0 Å². The molecular formula is C13H19Cl2N3O2. The van der Waals surface area contributed by atoms with E-state index in [1.54, 1.807) is 12.1 Å². The number of hydrogen-bond donors (Lipinski definition) is 1. The normalized spacial score (nSPS) is 19.4. The van der Waals surface area contributed by atoms with Gasteiger partial charge in [-0.05, 0) is 31.5 Å². The minimum absolute atomic E-state index is 0. The molecule has 0 spiro atoms. The summed E-state index contributed by atoms with van der Waals surface area (Å²) in [7, 11) is 0. The fourth-order valence-corrected chi connectivity index (χ4v) is 2.76. The second-order valence-corrected chi connectivity index (χ2v) is 5.32. The van der Waals surface area contributed by atoms with Gasteiger partial charge in [-0.15, -0.1) is 12.4 Å². The zero-order valence-corrected chi connectivity index (χ0v) is 12.7. The number of benzene rings is 1. The number of nitrogens with two attached hydrogens (primary N) is 1. The lowest BCUT2D eigenvalue weighted by molar-refractivity contribution is -0.385. The summed E-state index contributed by atoms with van der Waals surface area (Å²) in [6.45, 7) is 2.11. The summed E-state index contributed by atoms with van der Waals surface area (Å²) in [6, 6.07) is 5.18. The molecule has 1 saturated heterocycles. The van der Waals surface area contributed by atoms with E-state index in [-0.39, 0.29) is 23.0 Å². The fraction of sp³-hybridized carbons (Fsp3) is 0.538. The van der Waals surface area contributed by atoms with Gasteiger partial charge in [-0.2, -0.15) is 0 Å². The van der Waals surface area contributed by atoms with Crippen LogP contribution >= 0.6 is 24.0 Å². The Hall–Kier alpha value is -0.880. The number of nitro benzene ring substituents is 1. The Balaban J connectivity index is 0.00000200. The van der Waals surface area contributed by atoms with Gasteiger partial charge in [-0.3, -0.25) is 15.0 Å². The maximum Gasteiger partial charge on any atom is 0.275 e. The Morgan fingerprint density at radius 3 is 2.85 bits per heavy atom. The highest BCUT2D eigenvalue weighted by Crippen LogP contribution is 2.27. The number of hydrogen-bond acceptors (Lipinski definition) is 4. The highest BCUT2D eigenvalue weighted by molar-refractivity contribution is 6.30. The highest BCUT2D eigenvalue weighted by atomic mass is 35.5. The molecule has 7 heteroatoms. The van der Waals surface area contributed by atoms with Crippen molar-refractivity contribution < 1.29 is 4.92 Å². The first-order valence-electron chi connectivity index (χ1n) is 6.48. The average molecular weight is 320 g/mol. The van der Waals surface area contributed by atoms with Crippen molar-refractivity contribution in [2.75, 3.05) is 13.1 Å². The third-order valence-corrected chi connectivity index (χ3v) is 3.87. The van der Waals surface area contributed by atoms with Crippen molar-refractivity contribution in [2.24, 2.45) is 5.73 Å². The third kappa shape index (κ3) is 4.06. The summed E-state index contributed by atoms with van der Waals surface area (Å²) in [5.74, 6) is 0. The zero-order chi connectivity index (χ0) is 13.8. The number of nitrogens with zero attached hydrogens (tertiary/aromatic N) is 2. The van der Waals surface area contributed by atoms with Gasteiger partial charge >= 0.3 is 0 Å². The van der Waals surface area contributed by atoms with Crippen LogP contribution in [-0.2, 0) is 6.54 Å². The quantitative estimate of drug-likeness (QED) is 0.684. The van der Waals surface area contributed by atoms with Gasteiger partial charge in [0.15, 0.2) is 0 Å². The van der Waals surface area contributed by atoms with E-state index in [2.05, 4.69) is 4.90 Å². The summed E-state index contributed by atoms with van der Waals surface area (Å²) in [5, 5.41) is 11.5. The van der Waals surface area contributed by atoms with Gasteiger partial charge in [-0.25, -0.2) is 0 Å². The SMILES string of the molecule is Cl.NCC1CCCCN1Cc1ccc(Cl)cc1[N+](=O)[O-]. The smallest absolute Gasteiger partial charge is 0.275 e. The molecule has 5 nitrogen and oxygen atoms in total. The molecule has 1 aromatic carbocycles. The molecule has 2 rings (SSSR count). The number of rotatable bonds is 4. The van der Waals surface area contributed by atoms with Crippen molar-refractivity contribution in [2.45, 2.75) is 31.8 Å². The molecule has 2 N–H and O–H groups in total. The lowest BCUT2D eigenvalue weighted by Crippen LogP contribution is -2.43. The summed E-state index contributed by atoms with van der Waals surface area (Å²) >= 11 is 5.82. The van der Waals surface area contributed by atoms with Crippen molar-refractivity contribution in [3.63, 3.8) is 0 Å². The predicted molar refractivity (Wildman–Crippen MR) is 82.5 cm³/mol. The number of likely N-dealkylation sites (tertiary alicyclic amines) is 1. The van der Waals surface area contributed by atoms with Crippen molar-refractivity contribution in [3.8, 4) is 0 Å². The Labute approximate surface area is 129 Å². The first-order valence-corrected chi connectivity index (χ1v) is 6.86. The van der Waals surface area contributed by atoms with E-state index in [9.17, 15) is 10.1 Å². The number of nitro groups is 1. The molecule has 0 radical (unpaired) electrons. The molecule has 1 aliphatic rings. The molecule has 112 valence electrons. The molecule has 1 unspecified atom stereocenters. The van der Waals surface area contributed by atoms with E-state index < -0.39 is 0 Å². The Morgan fingerprint density at radius 1 is 1.45 bits per heavy atom. The van der Waals surface area contributed by atoms with Crippen LogP contribution in [0.2, 0.25) is 5.02 Å². The summed E-state index contributed by atoms with van der Waals surface area (Å²) in [5.41, 5.74) is 6.57. The summed E-state index contributed by atoms with van der Waals surface area (Å²) < 4.78 is 0. The Morgan fingerprint density at radius 2 is 2.20 bits per heavy atom. The molecule has 1 fully saturated rings. The van der Waals surface area contributed by atoms with Crippen LogP contribution in [0.4, 0.5) is 5.69 Å². The lowest BCUT2D eigenvalue weighted by Gasteiger charge is -2.34. The van der Waals surface area contributed by atoms with Crippen molar-refractivity contribution >= 4 is 29.7 Å². The fourth-order valence-electron chi connectivity index (χ4n) is 2.59. The minimum Gasteiger partial charge on any atom is -0.329 e. The molecule has 1 heterocycles. The van der Waals surface area contributed by atoms with E-state index in [0.717, 1.165) is 19.4 Å². The van der Waals surface area contributed by atoms with Crippen molar-refractivity contribution in [1.29, 1.82) is 0 Å². The van der Waals surface area contributed by atoms with Crippen LogP contribution in [0, 0.1) is 10.1 Å². The molecule has 0 aliphatic carbocycles. The lowest BCUT2D eigenvalue weighted by atomic mass is 10.0. The van der Waals surface area contributed by atoms with Crippen LogP contribution in [0.15, 0.2) is 18.2 Å². The molecule has 1 atom stereocenters. The van der Waals surface area contributed by atoms with Crippen molar-refractivity contribution in [1.82, 2.24) is 4.90 Å². The number of halogens is 2. The predicted octanol–water partition coefficient (Wildman–Crippen LogP) is 2.98. The van der Waals surface area contributed by atoms with E-state index in [1.165, 1.54) is 12.5 Å². The van der Waals surface area contributed by atoms with Gasteiger partial charge in [0.2, 0.25) is 0 Å². The molecule has 0 aromatic heterocycles. The van der Waals surface area contributed by atoms with Crippen LogP contribution in [0.25, 0.3) is 0 Å². The molecule has 0 amide bonds. The molecule has 1 aromatic rings.